The van der Waals surface area contributed by atoms with Crippen molar-refractivity contribution in [1.29, 1.82) is 0 Å². The summed E-state index contributed by atoms with van der Waals surface area (Å²) < 4.78 is 7.78. The van der Waals surface area contributed by atoms with Gasteiger partial charge in [-0.1, -0.05) is 100 Å². The fraction of sp³-hybridized carbons (Fsp3) is 0.268. The number of nitrogens with zero attached hydrogens (tertiary/aromatic N) is 1. The topological polar surface area (TPSA) is 60.3 Å². The highest BCUT2D eigenvalue weighted by atomic mass is 16.5. The second-order valence-electron chi connectivity index (χ2n) is 11.4. The highest BCUT2D eigenvalue weighted by Crippen LogP contribution is 2.29. The second-order valence-corrected chi connectivity index (χ2v) is 11.4. The van der Waals surface area contributed by atoms with Crippen LogP contribution in [-0.2, 0) is 17.8 Å². The number of ether oxygens (including phenoxy) is 1. The summed E-state index contributed by atoms with van der Waals surface area (Å²) in [4.78, 5) is 25.8. The summed E-state index contributed by atoms with van der Waals surface area (Å²) >= 11 is 0. The van der Waals surface area contributed by atoms with Gasteiger partial charge >= 0.3 is 5.97 Å². The van der Waals surface area contributed by atoms with E-state index in [0.717, 1.165) is 62.7 Å². The Balaban J connectivity index is 0.00000235. The van der Waals surface area contributed by atoms with Gasteiger partial charge in [0.25, 0.3) is 5.91 Å². The van der Waals surface area contributed by atoms with Crippen LogP contribution in [0.2, 0.25) is 0 Å². The molecule has 5 rings (SSSR count). The summed E-state index contributed by atoms with van der Waals surface area (Å²) in [5, 5.41) is 4.14. The number of aryl methyl sites for hydroxylation is 1. The Morgan fingerprint density at radius 3 is 2.30 bits per heavy atom. The van der Waals surface area contributed by atoms with E-state index in [-0.39, 0.29) is 11.9 Å². The fourth-order valence-corrected chi connectivity index (χ4v) is 5.50. The van der Waals surface area contributed by atoms with Gasteiger partial charge in [0.2, 0.25) is 0 Å². The summed E-state index contributed by atoms with van der Waals surface area (Å²) in [5.41, 5.74) is 10.8. The number of carbonyl (C=O) groups is 2. The lowest BCUT2D eigenvalue weighted by Gasteiger charge is -2.12. The Morgan fingerprint density at radius 1 is 0.848 bits per heavy atom. The van der Waals surface area contributed by atoms with Gasteiger partial charge in [0.05, 0.1) is 12.2 Å². The number of benzene rings is 4. The molecule has 5 aromatic rings. The maximum Gasteiger partial charge on any atom is 0.338 e. The van der Waals surface area contributed by atoms with Crippen molar-refractivity contribution in [2.75, 3.05) is 6.61 Å². The summed E-state index contributed by atoms with van der Waals surface area (Å²) in [7, 11) is 0. The molecule has 0 unspecified atom stereocenters. The van der Waals surface area contributed by atoms with E-state index in [2.05, 4.69) is 67.6 Å². The molecular weight excluding hydrogens is 568 g/mol. The van der Waals surface area contributed by atoms with Gasteiger partial charge in [-0.25, -0.2) is 4.79 Å². The molecular formula is C41H46N2O3. The number of rotatable bonds is 11. The SMILES string of the molecule is C=C(C)c1cccc(CNC(=O)c2ccc3c(c2)c(C)c(C)n3Cc2ccc(-c3ccccc3C(=O)OCCCC)cc2)c1.CC. The van der Waals surface area contributed by atoms with Crippen LogP contribution in [0.4, 0.5) is 0 Å². The summed E-state index contributed by atoms with van der Waals surface area (Å²) in [6, 6.07) is 30.0. The normalized spacial score (nSPS) is 10.7. The van der Waals surface area contributed by atoms with E-state index < -0.39 is 0 Å². The van der Waals surface area contributed by atoms with Crippen LogP contribution in [0, 0.1) is 13.8 Å². The number of hydrogen-bond acceptors (Lipinski definition) is 3. The van der Waals surface area contributed by atoms with Gasteiger partial charge < -0.3 is 14.6 Å². The van der Waals surface area contributed by atoms with Crippen molar-refractivity contribution in [2.45, 2.75) is 67.5 Å². The van der Waals surface area contributed by atoms with Crippen molar-refractivity contribution >= 4 is 28.4 Å². The molecule has 5 heteroatoms. The predicted octanol–water partition coefficient (Wildman–Crippen LogP) is 9.92. The number of esters is 1. The number of nitrogens with one attached hydrogen (secondary N) is 1. The zero-order valence-electron chi connectivity index (χ0n) is 28.1. The van der Waals surface area contributed by atoms with Crippen LogP contribution in [-0.4, -0.2) is 23.1 Å². The van der Waals surface area contributed by atoms with E-state index in [1.54, 1.807) is 0 Å². The Hall–Kier alpha value is -4.90. The first-order chi connectivity index (χ1) is 22.3. The molecule has 0 bridgehead atoms. The zero-order valence-corrected chi connectivity index (χ0v) is 28.1. The molecule has 1 heterocycles. The van der Waals surface area contributed by atoms with Crippen LogP contribution in [0.25, 0.3) is 27.6 Å². The average molecular weight is 615 g/mol. The number of allylic oxidation sites excluding steroid dienone is 1. The van der Waals surface area contributed by atoms with Gasteiger partial charge in [-0.05, 0) is 90.9 Å². The number of hydrogen-bond donors (Lipinski definition) is 1. The third kappa shape index (κ3) is 7.84. The van der Waals surface area contributed by atoms with E-state index in [1.807, 2.05) is 81.4 Å². The van der Waals surface area contributed by atoms with Crippen LogP contribution >= 0.6 is 0 Å². The van der Waals surface area contributed by atoms with Crippen LogP contribution < -0.4 is 5.32 Å². The van der Waals surface area contributed by atoms with E-state index >= 15 is 0 Å². The third-order valence-corrected chi connectivity index (χ3v) is 8.26. The smallest absolute Gasteiger partial charge is 0.338 e. The molecule has 0 aliphatic carbocycles. The molecule has 0 fully saturated rings. The van der Waals surface area contributed by atoms with E-state index in [0.29, 0.717) is 30.8 Å². The number of fused-ring (bicyclic) bond motifs is 1. The van der Waals surface area contributed by atoms with Crippen LogP contribution in [0.5, 0.6) is 0 Å². The minimum atomic E-state index is -0.284. The van der Waals surface area contributed by atoms with Crippen LogP contribution in [0.15, 0.2) is 97.6 Å². The molecule has 0 spiro atoms. The van der Waals surface area contributed by atoms with Crippen molar-refractivity contribution in [2.24, 2.45) is 0 Å². The quantitative estimate of drug-likeness (QED) is 0.119. The molecule has 0 aliphatic rings. The standard InChI is InChI=1S/C39H40N2O3.C2H6/c1-6-7-21-44-39(43)35-14-9-8-13-34(35)31-17-15-29(16-18-31)25-41-28(5)27(4)36-23-33(19-20-37(36)41)38(42)40-24-30-11-10-12-32(22-30)26(2)3;1-2/h8-20,22-23H,2,6-7,21,24-25H2,1,3-5H3,(H,40,42);1-2H3. The monoisotopic (exact) mass is 614 g/mol. The van der Waals surface area contributed by atoms with Gasteiger partial charge in [-0.3, -0.25) is 4.79 Å². The Morgan fingerprint density at radius 2 is 1.59 bits per heavy atom. The lowest BCUT2D eigenvalue weighted by Crippen LogP contribution is -2.22. The predicted molar refractivity (Wildman–Crippen MR) is 191 cm³/mol. The molecule has 46 heavy (non-hydrogen) atoms. The second kappa shape index (κ2) is 15.9. The maximum atomic E-state index is 13.1. The largest absolute Gasteiger partial charge is 0.462 e. The molecule has 0 saturated heterocycles. The Labute approximate surface area is 273 Å². The van der Waals surface area contributed by atoms with Gasteiger partial charge in [-0.15, -0.1) is 0 Å². The molecule has 1 N–H and O–H groups in total. The zero-order chi connectivity index (χ0) is 33.2. The average Bonchev–Trinajstić information content (AvgIpc) is 3.32. The third-order valence-electron chi connectivity index (χ3n) is 8.26. The fourth-order valence-electron chi connectivity index (χ4n) is 5.50. The van der Waals surface area contributed by atoms with E-state index in [9.17, 15) is 9.59 Å². The van der Waals surface area contributed by atoms with Gasteiger partial charge in [0.15, 0.2) is 0 Å². The summed E-state index contributed by atoms with van der Waals surface area (Å²) in [6.07, 6.45) is 1.84. The Bertz CT molecular complexity index is 1830. The van der Waals surface area contributed by atoms with Crippen molar-refractivity contribution in [1.82, 2.24) is 9.88 Å². The highest BCUT2D eigenvalue weighted by molar-refractivity contribution is 5.99. The molecule has 238 valence electrons. The maximum absolute atomic E-state index is 13.1. The molecule has 0 radical (unpaired) electrons. The first-order valence-electron chi connectivity index (χ1n) is 16.2. The number of aromatic nitrogens is 1. The number of unbranched alkanes of at least 4 members (excludes halogenated alkanes) is 1. The molecule has 0 saturated carbocycles. The summed E-state index contributed by atoms with van der Waals surface area (Å²) in [5.74, 6) is -0.379. The van der Waals surface area contributed by atoms with E-state index in [4.69, 9.17) is 4.74 Å². The van der Waals surface area contributed by atoms with Crippen molar-refractivity contribution < 1.29 is 14.3 Å². The van der Waals surface area contributed by atoms with Gasteiger partial charge in [0, 0.05) is 35.2 Å². The van der Waals surface area contributed by atoms with Gasteiger partial charge in [0.1, 0.15) is 0 Å². The first-order valence-corrected chi connectivity index (χ1v) is 16.2. The van der Waals surface area contributed by atoms with Crippen molar-refractivity contribution in [3.8, 4) is 11.1 Å². The Kier molecular flexibility index (Phi) is 11.7. The molecule has 1 aromatic heterocycles. The first kappa shape index (κ1) is 34.0. The number of carbonyl (C=O) groups excluding carboxylic acids is 2. The van der Waals surface area contributed by atoms with Crippen molar-refractivity contribution in [3.63, 3.8) is 0 Å². The van der Waals surface area contributed by atoms with Crippen molar-refractivity contribution in [3.05, 3.63) is 137 Å². The molecule has 1 amide bonds. The minimum absolute atomic E-state index is 0.0949. The summed E-state index contributed by atoms with van der Waals surface area (Å²) in [6.45, 7) is 17.9. The lowest BCUT2D eigenvalue weighted by molar-refractivity contribution is 0.0500. The van der Waals surface area contributed by atoms with E-state index in [1.165, 1.54) is 5.69 Å². The lowest BCUT2D eigenvalue weighted by atomic mass is 9.98. The van der Waals surface area contributed by atoms with Gasteiger partial charge in [-0.2, -0.15) is 0 Å². The minimum Gasteiger partial charge on any atom is -0.462 e. The number of amides is 1. The highest BCUT2D eigenvalue weighted by Gasteiger charge is 2.16. The van der Waals surface area contributed by atoms with Crippen LogP contribution in [0.3, 0.4) is 0 Å². The molecule has 0 atom stereocenters. The molecule has 0 aliphatic heterocycles. The van der Waals surface area contributed by atoms with Crippen LogP contribution in [0.1, 0.15) is 89.2 Å². The molecule has 4 aromatic carbocycles. The molecule has 5 nitrogen and oxygen atoms in total.